The third kappa shape index (κ3) is 1.44. The first-order valence-corrected chi connectivity index (χ1v) is 2.94. The fraction of sp³-hybridized carbons (Fsp3) is 0.429. The van der Waals surface area contributed by atoms with E-state index in [4.69, 9.17) is 4.74 Å². The van der Waals surface area contributed by atoms with Crippen molar-refractivity contribution in [3.05, 3.63) is 18.2 Å². The first-order chi connectivity index (χ1) is 4.30. The molecule has 0 fully saturated rings. The van der Waals surface area contributed by atoms with Gasteiger partial charge in [0.25, 0.3) is 0 Å². The molecule has 0 amide bonds. The van der Waals surface area contributed by atoms with E-state index in [2.05, 4.69) is 24.7 Å². The molecule has 1 aliphatic rings. The molecular weight excluding hydrogens is 114 g/mol. The molecule has 0 atom stereocenters. The average molecular weight is 123 g/mol. The van der Waals surface area contributed by atoms with Gasteiger partial charge in [0.05, 0.1) is 6.20 Å². The van der Waals surface area contributed by atoms with Gasteiger partial charge >= 0.3 is 0 Å². The predicted molar refractivity (Wildman–Crippen MR) is 36.0 cm³/mol. The monoisotopic (exact) mass is 123 g/mol. The predicted octanol–water partition coefficient (Wildman–Crippen LogP) is 1.70. The van der Waals surface area contributed by atoms with Gasteiger partial charge in [0.15, 0.2) is 6.26 Å². The van der Waals surface area contributed by atoms with Crippen LogP contribution in [0.15, 0.2) is 23.2 Å². The number of allylic oxidation sites excluding steroid dienone is 1. The summed E-state index contributed by atoms with van der Waals surface area (Å²) in [5.41, 5.74) is 0. The van der Waals surface area contributed by atoms with Crippen LogP contribution in [0.1, 0.15) is 13.8 Å². The van der Waals surface area contributed by atoms with Gasteiger partial charge < -0.3 is 4.74 Å². The third-order valence-corrected chi connectivity index (χ3v) is 1.08. The average Bonchev–Trinajstić information content (AvgIpc) is 1.90. The van der Waals surface area contributed by atoms with Gasteiger partial charge in [-0.2, -0.15) is 0 Å². The van der Waals surface area contributed by atoms with Crippen molar-refractivity contribution in [2.45, 2.75) is 13.8 Å². The highest BCUT2D eigenvalue weighted by Crippen LogP contribution is 2.11. The lowest BCUT2D eigenvalue weighted by Gasteiger charge is -2.08. The largest absolute Gasteiger partial charge is 0.458 e. The van der Waals surface area contributed by atoms with Gasteiger partial charge in [0.1, 0.15) is 5.76 Å². The van der Waals surface area contributed by atoms with Crippen molar-refractivity contribution in [1.29, 1.82) is 0 Å². The molecule has 0 aromatic carbocycles. The molecule has 0 N–H and O–H groups in total. The highest BCUT2D eigenvalue weighted by molar-refractivity contribution is 5.52. The van der Waals surface area contributed by atoms with Crippen molar-refractivity contribution in [2.24, 2.45) is 10.9 Å². The molecule has 0 unspecified atom stereocenters. The highest BCUT2D eigenvalue weighted by Gasteiger charge is 2.02. The molecule has 0 aromatic rings. The van der Waals surface area contributed by atoms with Gasteiger partial charge in [-0.3, -0.25) is 0 Å². The Morgan fingerprint density at radius 3 is 2.78 bits per heavy atom. The Labute approximate surface area is 54.6 Å². The molecule has 9 heavy (non-hydrogen) atoms. The second-order valence-electron chi connectivity index (χ2n) is 2.18. The minimum atomic E-state index is 0.409. The molecule has 1 heterocycles. The minimum absolute atomic E-state index is 0.409. The lowest BCUT2D eigenvalue weighted by atomic mass is 10.2. The van der Waals surface area contributed by atoms with Gasteiger partial charge in [-0.15, -0.1) is 0 Å². The van der Waals surface area contributed by atoms with Crippen molar-refractivity contribution in [2.75, 3.05) is 0 Å². The molecule has 2 heteroatoms. The van der Waals surface area contributed by atoms with Crippen LogP contribution in [0.25, 0.3) is 0 Å². The van der Waals surface area contributed by atoms with Crippen LogP contribution in [0.5, 0.6) is 0 Å². The molecule has 48 valence electrons. The van der Waals surface area contributed by atoms with E-state index in [1.165, 1.54) is 6.26 Å². The van der Waals surface area contributed by atoms with Crippen LogP contribution in [0, 0.1) is 5.92 Å². The fourth-order valence-electron chi connectivity index (χ4n) is 0.541. The van der Waals surface area contributed by atoms with Crippen molar-refractivity contribution in [1.82, 2.24) is 0 Å². The Morgan fingerprint density at radius 2 is 2.44 bits per heavy atom. The van der Waals surface area contributed by atoms with Gasteiger partial charge in [0, 0.05) is 11.8 Å². The highest BCUT2D eigenvalue weighted by atomic mass is 16.5. The van der Waals surface area contributed by atoms with Crippen LogP contribution >= 0.6 is 0 Å². The third-order valence-electron chi connectivity index (χ3n) is 1.08. The summed E-state index contributed by atoms with van der Waals surface area (Å²) in [6.07, 6.45) is 3.15. The maximum atomic E-state index is 5.07. The van der Waals surface area contributed by atoms with E-state index in [0.717, 1.165) is 5.76 Å². The van der Waals surface area contributed by atoms with E-state index in [-0.39, 0.29) is 0 Å². The zero-order valence-electron chi connectivity index (χ0n) is 5.59. The van der Waals surface area contributed by atoms with Crippen molar-refractivity contribution >= 4 is 5.87 Å². The molecule has 0 saturated carbocycles. The van der Waals surface area contributed by atoms with Crippen molar-refractivity contribution in [3.63, 3.8) is 0 Å². The van der Waals surface area contributed by atoms with Crippen molar-refractivity contribution < 1.29 is 4.74 Å². The van der Waals surface area contributed by atoms with Crippen LogP contribution in [-0.2, 0) is 4.74 Å². The molecule has 0 aromatic heterocycles. The smallest absolute Gasteiger partial charge is 0.152 e. The van der Waals surface area contributed by atoms with Gasteiger partial charge in [-0.05, 0) is 0 Å². The SMILES string of the molecule is CC(C)C1=CN=C=CO1. The van der Waals surface area contributed by atoms with Crippen LogP contribution in [-0.4, -0.2) is 5.87 Å². The first-order valence-electron chi connectivity index (χ1n) is 2.94. The zero-order valence-corrected chi connectivity index (χ0v) is 5.59. The summed E-state index contributed by atoms with van der Waals surface area (Å²) in [7, 11) is 0. The first kappa shape index (κ1) is 6.12. The summed E-state index contributed by atoms with van der Waals surface area (Å²) < 4.78 is 5.07. The van der Waals surface area contributed by atoms with Gasteiger partial charge in [0.2, 0.25) is 0 Å². The van der Waals surface area contributed by atoms with E-state index in [9.17, 15) is 0 Å². The van der Waals surface area contributed by atoms with Gasteiger partial charge in [-0.1, -0.05) is 13.8 Å². The van der Waals surface area contributed by atoms with E-state index >= 15 is 0 Å². The number of hydrogen-bond acceptors (Lipinski definition) is 2. The summed E-state index contributed by atoms with van der Waals surface area (Å²) in [5, 5.41) is 0. The Kier molecular flexibility index (Phi) is 1.71. The van der Waals surface area contributed by atoms with Crippen molar-refractivity contribution in [3.8, 4) is 0 Å². The van der Waals surface area contributed by atoms with E-state index in [1.54, 1.807) is 6.20 Å². The second-order valence-corrected chi connectivity index (χ2v) is 2.18. The molecule has 0 spiro atoms. The number of rotatable bonds is 1. The zero-order chi connectivity index (χ0) is 6.69. The quantitative estimate of drug-likeness (QED) is 0.520. The Hall–Kier alpha value is -1.01. The lowest BCUT2D eigenvalue weighted by molar-refractivity contribution is 0.305. The number of hydrogen-bond donors (Lipinski definition) is 0. The molecule has 2 nitrogen and oxygen atoms in total. The number of nitrogens with zero attached hydrogens (tertiary/aromatic N) is 1. The van der Waals surface area contributed by atoms with E-state index in [1.807, 2.05) is 0 Å². The van der Waals surface area contributed by atoms with Crippen LogP contribution < -0.4 is 0 Å². The molecular formula is C7H9NO. The van der Waals surface area contributed by atoms with E-state index < -0.39 is 0 Å². The Bertz CT molecular complexity index is 185. The summed E-state index contributed by atoms with van der Waals surface area (Å²) in [5.74, 6) is 3.88. The van der Waals surface area contributed by atoms with Gasteiger partial charge in [-0.25, -0.2) is 4.99 Å². The Balaban J connectivity index is 2.66. The van der Waals surface area contributed by atoms with E-state index in [0.29, 0.717) is 5.92 Å². The maximum Gasteiger partial charge on any atom is 0.152 e. The molecule has 0 aliphatic carbocycles. The fourth-order valence-corrected chi connectivity index (χ4v) is 0.541. The molecule has 0 radical (unpaired) electrons. The molecule has 1 rings (SSSR count). The summed E-state index contributed by atoms with van der Waals surface area (Å²) >= 11 is 0. The maximum absolute atomic E-state index is 5.07. The molecule has 0 saturated heterocycles. The topological polar surface area (TPSA) is 21.6 Å². The lowest BCUT2D eigenvalue weighted by Crippen LogP contribution is -1.96. The number of aliphatic imine (C=N–C) groups is 1. The second kappa shape index (κ2) is 2.51. The molecule has 0 bridgehead atoms. The normalized spacial score (nSPS) is 15.7. The Morgan fingerprint density at radius 1 is 1.67 bits per heavy atom. The summed E-state index contributed by atoms with van der Waals surface area (Å²) in [6, 6.07) is 0. The molecule has 1 aliphatic heterocycles. The minimum Gasteiger partial charge on any atom is -0.458 e. The standard InChI is InChI=1S/C7H9NO/c1-6(2)7-5-8-3-4-9-7/h4-6H,1-2H3. The summed E-state index contributed by atoms with van der Waals surface area (Å²) in [6.45, 7) is 4.11. The van der Waals surface area contributed by atoms with Crippen LogP contribution in [0.4, 0.5) is 0 Å². The van der Waals surface area contributed by atoms with Crippen LogP contribution in [0.2, 0.25) is 0 Å². The number of ether oxygens (including phenoxy) is 1. The van der Waals surface area contributed by atoms with Crippen LogP contribution in [0.3, 0.4) is 0 Å². The summed E-state index contributed by atoms with van der Waals surface area (Å²) in [4.78, 5) is 3.79.